The first-order valence-corrected chi connectivity index (χ1v) is 14.4. The number of benzene rings is 2. The van der Waals surface area contributed by atoms with Crippen LogP contribution in [0.5, 0.6) is 5.75 Å². The Labute approximate surface area is 235 Å². The van der Waals surface area contributed by atoms with E-state index in [0.717, 1.165) is 72.6 Å². The van der Waals surface area contributed by atoms with Crippen molar-refractivity contribution in [3.05, 3.63) is 64.8 Å². The first-order valence-electron chi connectivity index (χ1n) is 14.4. The molecule has 40 heavy (non-hydrogen) atoms. The summed E-state index contributed by atoms with van der Waals surface area (Å²) in [6.45, 7) is 11.6. The lowest BCUT2D eigenvalue weighted by atomic mass is 10.1. The molecule has 9 heteroatoms. The quantitative estimate of drug-likeness (QED) is 0.223. The van der Waals surface area contributed by atoms with Gasteiger partial charge in [0.05, 0.1) is 12.8 Å². The molecule has 0 radical (unpaired) electrons. The molecule has 4 aromatic rings. The SMILES string of the molecule is Cc1ccc(OCCn2c(C)c(/C=N\Nc3nc(N4CCCC4)nc(N4CCCC4)n3)c3ccccc32)c(C)c1. The van der Waals surface area contributed by atoms with Crippen LogP contribution in [0.15, 0.2) is 47.6 Å². The van der Waals surface area contributed by atoms with Gasteiger partial charge in [-0.25, -0.2) is 5.43 Å². The van der Waals surface area contributed by atoms with E-state index in [1.807, 2.05) is 6.21 Å². The highest BCUT2D eigenvalue weighted by atomic mass is 16.5. The van der Waals surface area contributed by atoms with Crippen molar-refractivity contribution in [2.24, 2.45) is 5.10 Å². The summed E-state index contributed by atoms with van der Waals surface area (Å²) < 4.78 is 8.46. The Hall–Kier alpha value is -4.14. The largest absolute Gasteiger partial charge is 0.491 e. The smallest absolute Gasteiger partial charge is 0.250 e. The number of fused-ring (bicyclic) bond motifs is 1. The Bertz CT molecular complexity index is 1480. The van der Waals surface area contributed by atoms with Crippen LogP contribution in [-0.4, -0.2) is 58.5 Å². The maximum atomic E-state index is 6.16. The topological polar surface area (TPSA) is 83.7 Å². The van der Waals surface area contributed by atoms with E-state index in [2.05, 4.69) is 88.1 Å². The van der Waals surface area contributed by atoms with Crippen LogP contribution in [-0.2, 0) is 6.54 Å². The summed E-state index contributed by atoms with van der Waals surface area (Å²) in [5.74, 6) is 2.90. The van der Waals surface area contributed by atoms with Gasteiger partial charge in [0.1, 0.15) is 12.4 Å². The van der Waals surface area contributed by atoms with Gasteiger partial charge in [-0.15, -0.1) is 0 Å². The third-order valence-electron chi connectivity index (χ3n) is 7.93. The van der Waals surface area contributed by atoms with Gasteiger partial charge in [-0.1, -0.05) is 35.9 Å². The molecule has 2 saturated heterocycles. The predicted molar refractivity (Wildman–Crippen MR) is 162 cm³/mol. The highest BCUT2D eigenvalue weighted by molar-refractivity contribution is 6.01. The maximum Gasteiger partial charge on any atom is 0.250 e. The number of hydrogen-bond donors (Lipinski definition) is 1. The maximum absolute atomic E-state index is 6.16. The minimum absolute atomic E-state index is 0.485. The molecular weight excluding hydrogens is 500 g/mol. The summed E-state index contributed by atoms with van der Waals surface area (Å²) in [5.41, 5.74) is 8.90. The molecule has 9 nitrogen and oxygen atoms in total. The van der Waals surface area contributed by atoms with Crippen LogP contribution in [0, 0.1) is 20.8 Å². The fraction of sp³-hybridized carbons (Fsp3) is 0.419. The lowest BCUT2D eigenvalue weighted by Gasteiger charge is -2.20. The molecule has 1 N–H and O–H groups in total. The van der Waals surface area contributed by atoms with E-state index in [-0.39, 0.29) is 0 Å². The summed E-state index contributed by atoms with van der Waals surface area (Å²) in [4.78, 5) is 18.7. The van der Waals surface area contributed by atoms with Crippen LogP contribution < -0.4 is 20.0 Å². The van der Waals surface area contributed by atoms with Gasteiger partial charge < -0.3 is 19.1 Å². The Balaban J connectivity index is 1.22. The summed E-state index contributed by atoms with van der Waals surface area (Å²) in [5, 5.41) is 5.77. The van der Waals surface area contributed by atoms with Crippen LogP contribution in [0.1, 0.15) is 48.1 Å². The summed E-state index contributed by atoms with van der Waals surface area (Å²) in [6.07, 6.45) is 6.57. The van der Waals surface area contributed by atoms with Gasteiger partial charge in [0.15, 0.2) is 0 Å². The normalized spacial score (nSPS) is 15.6. The van der Waals surface area contributed by atoms with E-state index in [4.69, 9.17) is 19.7 Å². The van der Waals surface area contributed by atoms with Gasteiger partial charge in [0.2, 0.25) is 17.8 Å². The van der Waals surface area contributed by atoms with E-state index in [9.17, 15) is 0 Å². The predicted octanol–water partition coefficient (Wildman–Crippen LogP) is 5.48. The lowest BCUT2D eigenvalue weighted by Crippen LogP contribution is -2.25. The zero-order valence-electron chi connectivity index (χ0n) is 23.7. The monoisotopic (exact) mass is 538 g/mol. The van der Waals surface area contributed by atoms with Gasteiger partial charge in [-0.2, -0.15) is 20.1 Å². The highest BCUT2D eigenvalue weighted by Gasteiger charge is 2.21. The van der Waals surface area contributed by atoms with Gasteiger partial charge in [-0.3, -0.25) is 0 Å². The molecular formula is C31H38N8O. The second-order valence-corrected chi connectivity index (χ2v) is 10.8. The Morgan fingerprint density at radius 3 is 2.23 bits per heavy atom. The number of rotatable bonds is 9. The van der Waals surface area contributed by atoms with Gasteiger partial charge >= 0.3 is 0 Å². The van der Waals surface area contributed by atoms with Crippen molar-refractivity contribution in [3.8, 4) is 5.75 Å². The molecule has 0 unspecified atom stereocenters. The summed E-state index contributed by atoms with van der Waals surface area (Å²) in [6, 6.07) is 14.7. The minimum Gasteiger partial charge on any atom is -0.491 e. The number of nitrogens with one attached hydrogen (secondary N) is 1. The molecule has 0 amide bonds. The molecule has 2 aromatic carbocycles. The van der Waals surface area contributed by atoms with Crippen molar-refractivity contribution >= 4 is 35.0 Å². The van der Waals surface area contributed by atoms with Crippen molar-refractivity contribution in [3.63, 3.8) is 0 Å². The molecule has 6 rings (SSSR count). The zero-order chi connectivity index (χ0) is 27.5. The number of hydrogen-bond acceptors (Lipinski definition) is 8. The lowest BCUT2D eigenvalue weighted by molar-refractivity contribution is 0.297. The highest BCUT2D eigenvalue weighted by Crippen LogP contribution is 2.26. The van der Waals surface area contributed by atoms with Gasteiger partial charge in [0, 0.05) is 48.3 Å². The molecule has 0 bridgehead atoms. The van der Waals surface area contributed by atoms with Crippen molar-refractivity contribution in [1.82, 2.24) is 19.5 Å². The molecule has 0 spiro atoms. The Morgan fingerprint density at radius 1 is 0.875 bits per heavy atom. The number of nitrogens with zero attached hydrogens (tertiary/aromatic N) is 7. The molecule has 2 fully saturated rings. The molecule has 0 aliphatic carbocycles. The molecule has 2 aliphatic rings. The fourth-order valence-corrected chi connectivity index (χ4v) is 5.79. The molecule has 0 atom stereocenters. The van der Waals surface area contributed by atoms with E-state index in [1.165, 1.54) is 36.8 Å². The fourth-order valence-electron chi connectivity index (χ4n) is 5.79. The standard InChI is InChI=1S/C31H38N8O/c1-22-12-13-28(23(2)20-22)40-19-18-39-24(3)26(25-10-4-5-11-27(25)39)21-32-36-29-33-30(37-14-6-7-15-37)35-31(34-29)38-16-8-9-17-38/h4-5,10-13,20-21H,6-9,14-19H2,1-3H3,(H,33,34,35,36)/b32-21-. The number of aromatic nitrogens is 4. The number of aryl methyl sites for hydroxylation is 2. The number of para-hydroxylation sites is 1. The second-order valence-electron chi connectivity index (χ2n) is 10.8. The average Bonchev–Trinajstić information content (AvgIpc) is 3.73. The van der Waals surface area contributed by atoms with Crippen LogP contribution in [0.4, 0.5) is 17.8 Å². The molecule has 2 aliphatic heterocycles. The summed E-state index contributed by atoms with van der Waals surface area (Å²) in [7, 11) is 0. The van der Waals surface area contributed by atoms with Crippen molar-refractivity contribution in [2.45, 2.75) is 53.0 Å². The van der Waals surface area contributed by atoms with E-state index in [0.29, 0.717) is 12.6 Å². The van der Waals surface area contributed by atoms with Crippen molar-refractivity contribution in [1.29, 1.82) is 0 Å². The first-order chi connectivity index (χ1) is 19.6. The number of anilines is 3. The minimum atomic E-state index is 0.485. The van der Waals surface area contributed by atoms with E-state index >= 15 is 0 Å². The summed E-state index contributed by atoms with van der Waals surface area (Å²) >= 11 is 0. The number of hydrazone groups is 1. The van der Waals surface area contributed by atoms with Crippen molar-refractivity contribution in [2.75, 3.05) is 48.0 Å². The van der Waals surface area contributed by atoms with Crippen LogP contribution in [0.3, 0.4) is 0 Å². The van der Waals surface area contributed by atoms with E-state index < -0.39 is 0 Å². The zero-order valence-corrected chi connectivity index (χ0v) is 23.7. The molecule has 208 valence electrons. The average molecular weight is 539 g/mol. The van der Waals surface area contributed by atoms with Crippen molar-refractivity contribution < 1.29 is 4.74 Å². The molecule has 4 heterocycles. The number of ether oxygens (including phenoxy) is 1. The third-order valence-corrected chi connectivity index (χ3v) is 7.93. The van der Waals surface area contributed by atoms with Crippen LogP contribution >= 0.6 is 0 Å². The van der Waals surface area contributed by atoms with E-state index in [1.54, 1.807) is 0 Å². The second kappa shape index (κ2) is 11.5. The third kappa shape index (κ3) is 5.46. The first kappa shape index (κ1) is 26.1. The van der Waals surface area contributed by atoms with Crippen LogP contribution in [0.25, 0.3) is 10.9 Å². The van der Waals surface area contributed by atoms with Gasteiger partial charge in [-0.05, 0) is 64.2 Å². The molecule has 2 aromatic heterocycles. The van der Waals surface area contributed by atoms with Crippen LogP contribution in [0.2, 0.25) is 0 Å². The van der Waals surface area contributed by atoms with Gasteiger partial charge in [0.25, 0.3) is 0 Å². The Morgan fingerprint density at radius 2 is 1.55 bits per heavy atom. The Kier molecular flexibility index (Phi) is 7.53. The molecule has 0 saturated carbocycles.